The molecule has 1 N–H and O–H groups in total. The molecule has 19 heavy (non-hydrogen) atoms. The van der Waals surface area contributed by atoms with Crippen LogP contribution in [0.1, 0.15) is 49.2 Å². The van der Waals surface area contributed by atoms with Crippen LogP contribution in [0.3, 0.4) is 0 Å². The van der Waals surface area contributed by atoms with Gasteiger partial charge in [-0.05, 0) is 36.6 Å². The summed E-state index contributed by atoms with van der Waals surface area (Å²) in [5, 5.41) is 3.53. The fourth-order valence-corrected chi connectivity index (χ4v) is 2.88. The Morgan fingerprint density at radius 2 is 2.00 bits per heavy atom. The van der Waals surface area contributed by atoms with E-state index in [9.17, 15) is 0 Å². The van der Waals surface area contributed by atoms with E-state index in [1.54, 1.807) is 0 Å². The van der Waals surface area contributed by atoms with Gasteiger partial charge in [0.25, 0.3) is 0 Å². The first-order valence-electron chi connectivity index (χ1n) is 6.70. The molecule has 2 nitrogen and oxygen atoms in total. The first-order chi connectivity index (χ1) is 8.97. The molecule has 1 atom stereocenters. The molecule has 3 heteroatoms. The van der Waals surface area contributed by atoms with Crippen LogP contribution in [0.25, 0.3) is 0 Å². The lowest BCUT2D eigenvalue weighted by molar-refractivity contribution is 0.565. The third kappa shape index (κ3) is 3.88. The molecule has 0 saturated heterocycles. The molecule has 2 aromatic rings. The summed E-state index contributed by atoms with van der Waals surface area (Å²) in [5.41, 5.74) is 1.34. The molecular formula is C16H22N2S. The molecule has 0 bridgehead atoms. The van der Waals surface area contributed by atoms with Crippen LogP contribution in [0.2, 0.25) is 0 Å². The van der Waals surface area contributed by atoms with Crippen LogP contribution in [0, 0.1) is 0 Å². The molecule has 0 spiro atoms. The van der Waals surface area contributed by atoms with Crippen LogP contribution in [-0.4, -0.2) is 4.98 Å². The summed E-state index contributed by atoms with van der Waals surface area (Å²) in [6.45, 7) is 9.82. The Morgan fingerprint density at radius 1 is 1.21 bits per heavy atom. The van der Waals surface area contributed by atoms with E-state index in [4.69, 9.17) is 0 Å². The Hall–Kier alpha value is -1.19. The summed E-state index contributed by atoms with van der Waals surface area (Å²) in [6.07, 6.45) is 1.84. The average Bonchev–Trinajstić information content (AvgIpc) is 2.86. The number of thiophene rings is 1. The van der Waals surface area contributed by atoms with Gasteiger partial charge in [0.2, 0.25) is 0 Å². The third-order valence-corrected chi connectivity index (χ3v) is 4.63. The highest BCUT2D eigenvalue weighted by molar-refractivity contribution is 7.12. The van der Waals surface area contributed by atoms with Gasteiger partial charge in [-0.2, -0.15) is 0 Å². The zero-order valence-corrected chi connectivity index (χ0v) is 12.9. The molecule has 0 radical (unpaired) electrons. The van der Waals surface area contributed by atoms with Crippen molar-refractivity contribution in [3.8, 4) is 0 Å². The highest BCUT2D eigenvalue weighted by Crippen LogP contribution is 2.29. The van der Waals surface area contributed by atoms with Gasteiger partial charge >= 0.3 is 0 Å². The van der Waals surface area contributed by atoms with E-state index in [1.807, 2.05) is 29.7 Å². The summed E-state index contributed by atoms with van der Waals surface area (Å²) in [6, 6.07) is 10.8. The predicted molar refractivity (Wildman–Crippen MR) is 82.5 cm³/mol. The number of hydrogen-bond acceptors (Lipinski definition) is 3. The van der Waals surface area contributed by atoms with Crippen LogP contribution < -0.4 is 5.32 Å². The van der Waals surface area contributed by atoms with E-state index in [0.717, 1.165) is 12.2 Å². The van der Waals surface area contributed by atoms with Gasteiger partial charge < -0.3 is 5.32 Å². The molecule has 0 fully saturated rings. The number of nitrogens with one attached hydrogen (secondary N) is 1. The van der Waals surface area contributed by atoms with E-state index in [-0.39, 0.29) is 11.5 Å². The standard InChI is InChI=1S/C16H22N2S/c1-12(14-7-5-6-10-17-14)18-11-13-8-9-15(19-13)16(2,3)4/h5-10,12,18H,11H2,1-4H3/t12-/m1/s1. The van der Waals surface area contributed by atoms with Gasteiger partial charge in [-0.3, -0.25) is 4.98 Å². The molecule has 0 aliphatic heterocycles. The van der Waals surface area contributed by atoms with E-state index < -0.39 is 0 Å². The summed E-state index contributed by atoms with van der Waals surface area (Å²) in [7, 11) is 0. The number of aromatic nitrogens is 1. The zero-order chi connectivity index (χ0) is 13.9. The summed E-state index contributed by atoms with van der Waals surface area (Å²) in [5.74, 6) is 0. The van der Waals surface area contributed by atoms with Crippen molar-refractivity contribution in [3.05, 3.63) is 52.0 Å². The van der Waals surface area contributed by atoms with E-state index >= 15 is 0 Å². The monoisotopic (exact) mass is 274 g/mol. The van der Waals surface area contributed by atoms with Gasteiger partial charge in [-0.15, -0.1) is 11.3 Å². The van der Waals surface area contributed by atoms with E-state index in [2.05, 4.69) is 56.2 Å². The Balaban J connectivity index is 1.94. The fraction of sp³-hybridized carbons (Fsp3) is 0.438. The van der Waals surface area contributed by atoms with Gasteiger partial charge in [0, 0.05) is 28.5 Å². The molecule has 2 heterocycles. The lowest BCUT2D eigenvalue weighted by atomic mass is 9.95. The minimum atomic E-state index is 0.246. The predicted octanol–water partition coefficient (Wildman–Crippen LogP) is 4.29. The van der Waals surface area contributed by atoms with Crippen molar-refractivity contribution in [1.82, 2.24) is 10.3 Å². The topological polar surface area (TPSA) is 24.9 Å². The van der Waals surface area contributed by atoms with Crippen LogP contribution in [0.5, 0.6) is 0 Å². The van der Waals surface area contributed by atoms with Gasteiger partial charge in [-0.1, -0.05) is 26.8 Å². The van der Waals surface area contributed by atoms with Crippen molar-refractivity contribution in [2.75, 3.05) is 0 Å². The SMILES string of the molecule is C[C@@H](NCc1ccc(C(C)(C)C)s1)c1ccccn1. The normalized spacial score (nSPS) is 13.5. The van der Waals surface area contributed by atoms with Crippen molar-refractivity contribution in [3.63, 3.8) is 0 Å². The lowest BCUT2D eigenvalue weighted by Crippen LogP contribution is -2.18. The van der Waals surface area contributed by atoms with Crippen molar-refractivity contribution in [2.24, 2.45) is 0 Å². The molecular weight excluding hydrogens is 252 g/mol. The maximum atomic E-state index is 4.38. The van der Waals surface area contributed by atoms with Gasteiger partial charge in [0.15, 0.2) is 0 Å². The van der Waals surface area contributed by atoms with Crippen molar-refractivity contribution in [1.29, 1.82) is 0 Å². The summed E-state index contributed by atoms with van der Waals surface area (Å²) in [4.78, 5) is 7.20. The Bertz CT molecular complexity index is 511. The molecule has 0 aromatic carbocycles. The highest BCUT2D eigenvalue weighted by Gasteiger charge is 2.16. The fourth-order valence-electron chi connectivity index (χ4n) is 1.87. The van der Waals surface area contributed by atoms with Gasteiger partial charge in [0.1, 0.15) is 0 Å². The third-order valence-electron chi connectivity index (χ3n) is 3.11. The number of nitrogens with zero attached hydrogens (tertiary/aromatic N) is 1. The van der Waals surface area contributed by atoms with E-state index in [1.165, 1.54) is 9.75 Å². The maximum absolute atomic E-state index is 4.38. The van der Waals surface area contributed by atoms with Crippen LogP contribution >= 0.6 is 11.3 Å². The molecule has 0 aliphatic rings. The molecule has 0 amide bonds. The Labute approximate surface area is 119 Å². The molecule has 2 aromatic heterocycles. The molecule has 0 unspecified atom stereocenters. The Kier molecular flexibility index (Phi) is 4.38. The second-order valence-electron chi connectivity index (χ2n) is 5.87. The van der Waals surface area contributed by atoms with Gasteiger partial charge in [-0.25, -0.2) is 0 Å². The number of hydrogen-bond donors (Lipinski definition) is 1. The zero-order valence-electron chi connectivity index (χ0n) is 12.1. The number of rotatable bonds is 4. The molecule has 0 aliphatic carbocycles. The second kappa shape index (κ2) is 5.85. The van der Waals surface area contributed by atoms with E-state index in [0.29, 0.717) is 0 Å². The summed E-state index contributed by atoms with van der Waals surface area (Å²) < 4.78 is 0. The largest absolute Gasteiger partial charge is 0.304 e. The second-order valence-corrected chi connectivity index (χ2v) is 7.04. The van der Waals surface area contributed by atoms with Crippen LogP contribution in [0.4, 0.5) is 0 Å². The molecule has 0 saturated carbocycles. The average molecular weight is 274 g/mol. The van der Waals surface area contributed by atoms with Crippen LogP contribution in [-0.2, 0) is 12.0 Å². The van der Waals surface area contributed by atoms with Crippen molar-refractivity contribution in [2.45, 2.75) is 45.7 Å². The minimum Gasteiger partial charge on any atom is -0.304 e. The van der Waals surface area contributed by atoms with Gasteiger partial charge in [0.05, 0.1) is 5.69 Å². The quantitative estimate of drug-likeness (QED) is 0.899. The molecule has 2 rings (SSSR count). The smallest absolute Gasteiger partial charge is 0.0570 e. The Morgan fingerprint density at radius 3 is 2.58 bits per heavy atom. The minimum absolute atomic E-state index is 0.246. The first-order valence-corrected chi connectivity index (χ1v) is 7.52. The van der Waals surface area contributed by atoms with Crippen molar-refractivity contribution < 1.29 is 0 Å². The van der Waals surface area contributed by atoms with Crippen LogP contribution in [0.15, 0.2) is 36.5 Å². The maximum Gasteiger partial charge on any atom is 0.0570 e. The lowest BCUT2D eigenvalue weighted by Gasteiger charge is -2.15. The number of pyridine rings is 1. The van der Waals surface area contributed by atoms with Crippen molar-refractivity contribution >= 4 is 11.3 Å². The first kappa shape index (κ1) is 14.2. The highest BCUT2D eigenvalue weighted by atomic mass is 32.1. The molecule has 102 valence electrons. The summed E-state index contributed by atoms with van der Waals surface area (Å²) >= 11 is 1.89.